The highest BCUT2D eigenvalue weighted by molar-refractivity contribution is 5.97. The molecule has 1 rings (SSSR count). The van der Waals surface area contributed by atoms with Gasteiger partial charge in [-0.25, -0.2) is 4.79 Å². The van der Waals surface area contributed by atoms with Gasteiger partial charge in [0.05, 0.1) is 5.56 Å². The Morgan fingerprint density at radius 2 is 1.67 bits per heavy atom. The van der Waals surface area contributed by atoms with Crippen molar-refractivity contribution in [3.63, 3.8) is 0 Å². The second-order valence-corrected chi connectivity index (χ2v) is 2.70. The number of carbonyl (C=O) groups excluding carboxylic acids is 2. The molecule has 0 bridgehead atoms. The predicted octanol–water partition coefficient (Wildman–Crippen LogP) is 2.72. The zero-order valence-corrected chi connectivity index (χ0v) is 9.53. The highest BCUT2D eigenvalue weighted by Gasteiger charge is 2.10. The topological polar surface area (TPSA) is 43.4 Å². The minimum atomic E-state index is -0.592. The average Bonchev–Trinajstić information content (AvgIpc) is 2.20. The van der Waals surface area contributed by atoms with E-state index in [0.717, 1.165) is 5.56 Å². The largest absolute Gasteiger partial charge is 0.390 e. The van der Waals surface area contributed by atoms with Crippen LogP contribution in [0.3, 0.4) is 0 Å². The van der Waals surface area contributed by atoms with Crippen molar-refractivity contribution in [3.05, 3.63) is 35.4 Å². The van der Waals surface area contributed by atoms with E-state index >= 15 is 0 Å². The molecular formula is C12H16O3. The van der Waals surface area contributed by atoms with Gasteiger partial charge in [-0.3, -0.25) is 4.79 Å². The quantitative estimate of drug-likeness (QED) is 0.526. The van der Waals surface area contributed by atoms with Crippen LogP contribution in [0.2, 0.25) is 0 Å². The van der Waals surface area contributed by atoms with Gasteiger partial charge < -0.3 is 4.74 Å². The van der Waals surface area contributed by atoms with E-state index in [-0.39, 0.29) is 0 Å². The molecule has 0 aliphatic heterocycles. The first-order valence-electron chi connectivity index (χ1n) is 4.89. The van der Waals surface area contributed by atoms with E-state index < -0.39 is 11.9 Å². The van der Waals surface area contributed by atoms with Gasteiger partial charge in [0.15, 0.2) is 0 Å². The lowest BCUT2D eigenvalue weighted by Gasteiger charge is -2.02. The van der Waals surface area contributed by atoms with Crippen LogP contribution in [0.25, 0.3) is 0 Å². The Bertz CT molecular complexity index is 342. The third-order valence-corrected chi connectivity index (χ3v) is 1.60. The van der Waals surface area contributed by atoms with Crippen LogP contribution < -0.4 is 0 Å². The van der Waals surface area contributed by atoms with Crippen LogP contribution in [0.15, 0.2) is 24.3 Å². The summed E-state index contributed by atoms with van der Waals surface area (Å²) in [4.78, 5) is 21.7. The third-order valence-electron chi connectivity index (χ3n) is 1.60. The molecule has 1 aromatic rings. The molecule has 0 N–H and O–H groups in total. The van der Waals surface area contributed by atoms with Crippen molar-refractivity contribution in [3.8, 4) is 0 Å². The fraction of sp³-hybridized carbons (Fsp3) is 0.333. The molecule has 3 nitrogen and oxygen atoms in total. The van der Waals surface area contributed by atoms with Crippen LogP contribution in [0.5, 0.6) is 0 Å². The third kappa shape index (κ3) is 4.40. The first kappa shape index (κ1) is 13.4. The Morgan fingerprint density at radius 1 is 1.13 bits per heavy atom. The van der Waals surface area contributed by atoms with Crippen molar-refractivity contribution in [1.29, 1.82) is 0 Å². The van der Waals surface area contributed by atoms with Crippen molar-refractivity contribution in [2.24, 2.45) is 0 Å². The van der Waals surface area contributed by atoms with Crippen molar-refractivity contribution < 1.29 is 14.3 Å². The Balaban J connectivity index is 0.000000921. The van der Waals surface area contributed by atoms with Crippen LogP contribution in [-0.4, -0.2) is 11.9 Å². The smallest absolute Gasteiger partial charge is 0.346 e. The lowest BCUT2D eigenvalue weighted by Crippen LogP contribution is -2.10. The summed E-state index contributed by atoms with van der Waals surface area (Å²) in [5, 5.41) is 0. The van der Waals surface area contributed by atoms with Crippen LogP contribution in [0.4, 0.5) is 0 Å². The van der Waals surface area contributed by atoms with Crippen LogP contribution in [0, 0.1) is 6.92 Å². The molecule has 0 fully saturated rings. The summed E-state index contributed by atoms with van der Waals surface area (Å²) >= 11 is 0. The van der Waals surface area contributed by atoms with Gasteiger partial charge in [-0.15, -0.1) is 0 Å². The number of esters is 2. The second-order valence-electron chi connectivity index (χ2n) is 2.70. The van der Waals surface area contributed by atoms with Gasteiger partial charge in [0.1, 0.15) is 0 Å². The average molecular weight is 208 g/mol. The number of benzene rings is 1. The maximum absolute atomic E-state index is 11.2. The maximum Gasteiger partial charge on any atom is 0.346 e. The Labute approximate surface area is 90.1 Å². The molecule has 82 valence electrons. The van der Waals surface area contributed by atoms with Crippen LogP contribution in [-0.2, 0) is 9.53 Å². The molecule has 3 heteroatoms. The van der Waals surface area contributed by atoms with Gasteiger partial charge >= 0.3 is 11.9 Å². The van der Waals surface area contributed by atoms with Gasteiger partial charge in [0.2, 0.25) is 0 Å². The number of ether oxygens (including phenoxy) is 1. The fourth-order valence-electron chi connectivity index (χ4n) is 0.987. The molecule has 0 radical (unpaired) electrons. The highest BCUT2D eigenvalue weighted by Crippen LogP contribution is 2.08. The van der Waals surface area contributed by atoms with E-state index in [1.165, 1.54) is 6.92 Å². The first-order valence-corrected chi connectivity index (χ1v) is 4.89. The second kappa shape index (κ2) is 6.76. The van der Waals surface area contributed by atoms with Gasteiger partial charge in [-0.1, -0.05) is 32.0 Å². The standard InChI is InChI=1S/C10H10O3.C2H6/c1-7-5-3-4-6-9(7)10(12)13-8(2)11;1-2/h3-6H,1-2H3;1-2H3. The Morgan fingerprint density at radius 3 is 2.13 bits per heavy atom. The normalized spacial score (nSPS) is 8.53. The van der Waals surface area contributed by atoms with Gasteiger partial charge in [0, 0.05) is 6.92 Å². The summed E-state index contributed by atoms with van der Waals surface area (Å²) in [6.07, 6.45) is 0. The molecule has 0 saturated heterocycles. The fourth-order valence-corrected chi connectivity index (χ4v) is 0.987. The Hall–Kier alpha value is -1.64. The zero-order valence-electron chi connectivity index (χ0n) is 9.53. The maximum atomic E-state index is 11.2. The summed E-state index contributed by atoms with van der Waals surface area (Å²) in [7, 11) is 0. The molecule has 0 spiro atoms. The van der Waals surface area contributed by atoms with E-state index in [0.29, 0.717) is 5.56 Å². The zero-order chi connectivity index (χ0) is 11.8. The first-order chi connectivity index (χ1) is 7.11. The van der Waals surface area contributed by atoms with E-state index in [9.17, 15) is 9.59 Å². The molecule has 0 atom stereocenters. The Kier molecular flexibility index (Phi) is 6.02. The van der Waals surface area contributed by atoms with Gasteiger partial charge in [0.25, 0.3) is 0 Å². The molecule has 0 saturated carbocycles. The predicted molar refractivity (Wildman–Crippen MR) is 58.6 cm³/mol. The molecular weight excluding hydrogens is 192 g/mol. The number of hydrogen-bond acceptors (Lipinski definition) is 3. The number of hydrogen-bond donors (Lipinski definition) is 0. The SMILES string of the molecule is CC.CC(=O)OC(=O)c1ccccc1C. The lowest BCUT2D eigenvalue weighted by molar-refractivity contribution is -0.135. The minimum Gasteiger partial charge on any atom is -0.390 e. The lowest BCUT2D eigenvalue weighted by atomic mass is 10.1. The molecule has 0 aliphatic rings. The van der Waals surface area contributed by atoms with E-state index in [1.54, 1.807) is 25.1 Å². The van der Waals surface area contributed by atoms with E-state index in [2.05, 4.69) is 4.74 Å². The molecule has 1 aromatic carbocycles. The van der Waals surface area contributed by atoms with Crippen molar-refractivity contribution in [2.75, 3.05) is 0 Å². The van der Waals surface area contributed by atoms with Crippen molar-refractivity contribution >= 4 is 11.9 Å². The van der Waals surface area contributed by atoms with Gasteiger partial charge in [-0.05, 0) is 18.6 Å². The molecule has 0 heterocycles. The summed E-state index contributed by atoms with van der Waals surface area (Å²) < 4.78 is 4.44. The van der Waals surface area contributed by atoms with Gasteiger partial charge in [-0.2, -0.15) is 0 Å². The molecule has 0 amide bonds. The number of carbonyl (C=O) groups is 2. The number of rotatable bonds is 1. The van der Waals surface area contributed by atoms with Crippen LogP contribution >= 0.6 is 0 Å². The molecule has 15 heavy (non-hydrogen) atoms. The van der Waals surface area contributed by atoms with Crippen LogP contribution in [0.1, 0.15) is 36.7 Å². The highest BCUT2D eigenvalue weighted by atomic mass is 16.6. The summed E-state index contributed by atoms with van der Waals surface area (Å²) in [6.45, 7) is 6.99. The summed E-state index contributed by atoms with van der Waals surface area (Å²) in [6, 6.07) is 6.96. The summed E-state index contributed by atoms with van der Waals surface area (Å²) in [5.41, 5.74) is 1.23. The van der Waals surface area contributed by atoms with Crippen molar-refractivity contribution in [1.82, 2.24) is 0 Å². The summed E-state index contributed by atoms with van der Waals surface area (Å²) in [5.74, 6) is -1.18. The molecule has 0 unspecified atom stereocenters. The number of aryl methyl sites for hydroxylation is 1. The molecule has 0 aliphatic carbocycles. The monoisotopic (exact) mass is 208 g/mol. The minimum absolute atomic E-state index is 0.428. The molecule has 0 aromatic heterocycles. The van der Waals surface area contributed by atoms with Crippen molar-refractivity contribution in [2.45, 2.75) is 27.7 Å². The van der Waals surface area contributed by atoms with E-state index in [4.69, 9.17) is 0 Å². The van der Waals surface area contributed by atoms with E-state index in [1.807, 2.05) is 19.9 Å².